The van der Waals surface area contributed by atoms with Gasteiger partial charge >= 0.3 is 0 Å². The van der Waals surface area contributed by atoms with E-state index in [1.165, 1.54) is 0 Å². The number of halogens is 1. The van der Waals surface area contributed by atoms with E-state index in [0.29, 0.717) is 10.9 Å². The Labute approximate surface area is 185 Å². The minimum Gasteiger partial charge on any atom is -0.405 e. The number of benzene rings is 1. The Bertz CT molecular complexity index is 835. The van der Waals surface area contributed by atoms with Crippen LogP contribution >= 0.6 is 11.6 Å². The van der Waals surface area contributed by atoms with E-state index >= 15 is 0 Å². The molecule has 0 saturated heterocycles. The Balaban J connectivity index is 1.99. The lowest BCUT2D eigenvalue weighted by Gasteiger charge is -2.50. The van der Waals surface area contributed by atoms with Gasteiger partial charge in [0.2, 0.25) is 6.54 Å². The zero-order valence-corrected chi connectivity index (χ0v) is 20.7. The summed E-state index contributed by atoms with van der Waals surface area (Å²) in [6.45, 7) is 12.8. The van der Waals surface area contributed by atoms with Crippen molar-refractivity contribution >= 4 is 25.7 Å². The second kappa shape index (κ2) is 7.71. The molecule has 2 bridgehead atoms. The molecule has 5 nitrogen and oxygen atoms in total. The summed E-state index contributed by atoms with van der Waals surface area (Å²) < 4.78 is 6.78. The van der Waals surface area contributed by atoms with Gasteiger partial charge in [0.1, 0.15) is 5.60 Å². The smallest absolute Gasteiger partial charge is 0.211 e. The minimum atomic E-state index is -2.05. The van der Waals surface area contributed by atoms with E-state index in [9.17, 15) is 14.9 Å². The molecule has 7 heteroatoms. The maximum Gasteiger partial charge on any atom is 0.211 e. The van der Waals surface area contributed by atoms with Crippen molar-refractivity contribution in [3.8, 4) is 0 Å². The summed E-state index contributed by atoms with van der Waals surface area (Å²) in [6.07, 6.45) is 2.92. The van der Waals surface area contributed by atoms with E-state index in [0.717, 1.165) is 24.8 Å². The van der Waals surface area contributed by atoms with Crippen molar-refractivity contribution in [3.63, 3.8) is 0 Å². The summed E-state index contributed by atoms with van der Waals surface area (Å²) in [7, 11) is -2.05. The van der Waals surface area contributed by atoms with Gasteiger partial charge in [-0.1, -0.05) is 44.5 Å². The molecule has 2 aliphatic carbocycles. The first-order chi connectivity index (χ1) is 13.7. The molecule has 0 radical (unpaired) electrons. The van der Waals surface area contributed by atoms with Crippen molar-refractivity contribution in [2.75, 3.05) is 6.54 Å². The van der Waals surface area contributed by atoms with Crippen molar-refractivity contribution in [1.29, 1.82) is 0 Å². The Hall–Kier alpha value is -1.24. The Morgan fingerprint density at radius 3 is 2.30 bits per heavy atom. The number of hydrogen-bond donors (Lipinski definition) is 0. The average Bonchev–Trinajstić information content (AvgIpc) is 2.92. The highest BCUT2D eigenvalue weighted by atomic mass is 35.5. The third kappa shape index (κ3) is 3.87. The number of ketones is 1. The summed E-state index contributed by atoms with van der Waals surface area (Å²) in [5.74, 6) is -0.0190. The van der Waals surface area contributed by atoms with Crippen LogP contribution in [0.25, 0.3) is 0 Å². The van der Waals surface area contributed by atoms with Gasteiger partial charge in [-0.25, -0.2) is 0 Å². The lowest BCUT2D eigenvalue weighted by Crippen LogP contribution is -2.59. The molecule has 0 aliphatic heterocycles. The Morgan fingerprint density at radius 1 is 1.27 bits per heavy atom. The van der Waals surface area contributed by atoms with Crippen LogP contribution in [0.4, 0.5) is 0 Å². The molecule has 3 rings (SSSR count). The first-order valence-electron chi connectivity index (χ1n) is 10.8. The molecule has 4 atom stereocenters. The van der Waals surface area contributed by atoms with Gasteiger partial charge in [0.05, 0.1) is 5.92 Å². The molecule has 2 aliphatic rings. The van der Waals surface area contributed by atoms with E-state index in [1.807, 2.05) is 0 Å². The molecule has 0 aromatic heterocycles. The van der Waals surface area contributed by atoms with Crippen LogP contribution in [-0.2, 0) is 9.22 Å². The number of rotatable bonds is 8. The number of carbonyl (C=O) groups excluding carboxylic acids is 1. The predicted octanol–water partition coefficient (Wildman–Crippen LogP) is 6.10. The summed E-state index contributed by atoms with van der Waals surface area (Å²) in [5.41, 5.74) is -0.340. The van der Waals surface area contributed by atoms with Crippen LogP contribution in [0, 0.1) is 26.9 Å². The third-order valence-corrected chi connectivity index (χ3v) is 9.15. The monoisotopic (exact) mass is 451 g/mol. The van der Waals surface area contributed by atoms with Crippen molar-refractivity contribution in [2.24, 2.45) is 16.7 Å². The van der Waals surface area contributed by atoms with Gasteiger partial charge in [0, 0.05) is 21.8 Å². The van der Waals surface area contributed by atoms with Crippen molar-refractivity contribution in [1.82, 2.24) is 0 Å². The number of carbonyl (C=O) groups is 1. The molecular weight excluding hydrogens is 418 g/mol. The highest BCUT2D eigenvalue weighted by molar-refractivity contribution is 6.70. The number of Topliss-reactive ketones (excluding diaryl/α,β-unsaturated/α-hetero) is 1. The maximum atomic E-state index is 14.0. The Morgan fingerprint density at radius 2 is 1.87 bits per heavy atom. The minimum absolute atomic E-state index is 0.00117. The first kappa shape index (κ1) is 23.4. The van der Waals surface area contributed by atoms with Crippen LogP contribution < -0.4 is 0 Å². The van der Waals surface area contributed by atoms with Crippen LogP contribution in [0.1, 0.15) is 57.9 Å². The average molecular weight is 452 g/mol. The molecule has 0 spiro atoms. The number of nitro groups is 1. The summed E-state index contributed by atoms with van der Waals surface area (Å²) in [4.78, 5) is 25.1. The normalized spacial score (nSPS) is 31.0. The molecule has 0 heterocycles. The van der Waals surface area contributed by atoms with Crippen LogP contribution in [0.2, 0.25) is 24.7 Å². The van der Waals surface area contributed by atoms with E-state index in [2.05, 4.69) is 40.4 Å². The van der Waals surface area contributed by atoms with Crippen molar-refractivity contribution in [3.05, 3.63) is 45.0 Å². The van der Waals surface area contributed by atoms with Crippen molar-refractivity contribution < 1.29 is 14.1 Å². The zero-order valence-electron chi connectivity index (χ0n) is 19.0. The summed E-state index contributed by atoms with van der Waals surface area (Å²) in [6, 6.07) is 7.04. The van der Waals surface area contributed by atoms with Gasteiger partial charge in [-0.3, -0.25) is 14.9 Å². The lowest BCUT2D eigenvalue weighted by atomic mass is 9.62. The molecule has 1 aromatic carbocycles. The fraction of sp³-hybridized carbons (Fsp3) is 0.696. The molecule has 0 amide bonds. The zero-order chi connectivity index (χ0) is 22.5. The molecule has 2 saturated carbocycles. The molecule has 1 aromatic rings. The Kier molecular flexibility index (Phi) is 6.02. The van der Waals surface area contributed by atoms with Crippen LogP contribution in [0.15, 0.2) is 24.3 Å². The molecular formula is C23H34ClNO4Si. The molecule has 166 valence electrons. The first-order valence-corrected chi connectivity index (χ1v) is 14.6. The fourth-order valence-electron chi connectivity index (χ4n) is 6.00. The maximum absolute atomic E-state index is 14.0. The van der Waals surface area contributed by atoms with Crippen LogP contribution in [0.3, 0.4) is 0 Å². The van der Waals surface area contributed by atoms with Crippen molar-refractivity contribution in [2.45, 2.75) is 77.6 Å². The quantitative estimate of drug-likeness (QED) is 0.272. The summed E-state index contributed by atoms with van der Waals surface area (Å²) in [5, 5.41) is 12.0. The molecule has 0 unspecified atom stereocenters. The second-order valence-corrected chi connectivity index (χ2v) is 15.8. The van der Waals surface area contributed by atoms with E-state index < -0.39 is 19.8 Å². The van der Waals surface area contributed by atoms with Crippen LogP contribution in [-0.4, -0.2) is 31.2 Å². The number of fused-ring (bicyclic) bond motifs is 2. The fourth-order valence-corrected chi connectivity index (χ4v) is 7.59. The SMILES string of the molecule is CC1(C)[C@@H]2CC[C@@]1(C)[C@@](O[Si](C)(C)C)(C(=O)C[C@H](C[N+](=O)[O-])c1ccc(Cl)cc1)C2. The second-order valence-electron chi connectivity index (χ2n) is 10.9. The van der Waals surface area contributed by atoms with E-state index in [1.54, 1.807) is 24.3 Å². The van der Waals surface area contributed by atoms with Gasteiger partial charge in [-0.15, -0.1) is 0 Å². The third-order valence-electron chi connectivity index (χ3n) is 7.93. The van der Waals surface area contributed by atoms with Gasteiger partial charge in [-0.05, 0) is 67.9 Å². The predicted molar refractivity (Wildman–Crippen MR) is 122 cm³/mol. The topological polar surface area (TPSA) is 69.4 Å². The van der Waals surface area contributed by atoms with Gasteiger partial charge in [-0.2, -0.15) is 0 Å². The largest absolute Gasteiger partial charge is 0.405 e. The van der Waals surface area contributed by atoms with Gasteiger partial charge in [0.25, 0.3) is 0 Å². The number of nitrogens with zero attached hydrogens (tertiary/aromatic N) is 1. The molecule has 2 fully saturated rings. The molecule has 30 heavy (non-hydrogen) atoms. The lowest BCUT2D eigenvalue weighted by molar-refractivity contribution is -0.483. The highest BCUT2D eigenvalue weighted by Crippen LogP contribution is 2.71. The number of hydrogen-bond acceptors (Lipinski definition) is 4. The van der Waals surface area contributed by atoms with E-state index in [-0.39, 0.29) is 34.5 Å². The summed E-state index contributed by atoms with van der Waals surface area (Å²) >= 11 is 6.00. The standard InChI is InChI=1S/C23H34ClNO4Si/c1-21(2)18-11-12-22(21,3)23(14-18,29-30(4,5)6)20(26)13-17(15-25(27)28)16-7-9-19(24)10-8-16/h7-10,17-18H,11-15H2,1-6H3/t17-,18-,22-,23+/m1/s1. The highest BCUT2D eigenvalue weighted by Gasteiger charge is 2.72. The molecule has 0 N–H and O–H groups in total. The van der Waals surface area contributed by atoms with Crippen LogP contribution in [0.5, 0.6) is 0 Å². The van der Waals surface area contributed by atoms with Gasteiger partial charge < -0.3 is 4.43 Å². The van der Waals surface area contributed by atoms with E-state index in [4.69, 9.17) is 16.0 Å². The van der Waals surface area contributed by atoms with Gasteiger partial charge in [0.15, 0.2) is 14.1 Å².